The van der Waals surface area contributed by atoms with Gasteiger partial charge < -0.3 is 10.0 Å². The van der Waals surface area contributed by atoms with Gasteiger partial charge >= 0.3 is 5.97 Å². The molecule has 1 N–H and O–H groups in total. The van der Waals surface area contributed by atoms with Crippen LogP contribution in [0.4, 0.5) is 5.69 Å². The maximum atomic E-state index is 11.7. The number of carboxylic acids is 1. The van der Waals surface area contributed by atoms with Gasteiger partial charge in [-0.3, -0.25) is 14.4 Å². The second-order valence-electron chi connectivity index (χ2n) is 3.94. The molecular weight excluding hydrogens is 258 g/mol. The van der Waals surface area contributed by atoms with Crippen LogP contribution < -0.4 is 4.90 Å². The number of carboxylic acid groups (broad SMARTS) is 1. The lowest BCUT2D eigenvalue weighted by molar-refractivity contribution is -0.137. The fourth-order valence-electron chi connectivity index (χ4n) is 1.88. The van der Waals surface area contributed by atoms with Crippen molar-refractivity contribution in [3.8, 4) is 0 Å². The predicted molar refractivity (Wildman–Crippen MR) is 65.0 cm³/mol. The van der Waals surface area contributed by atoms with Crippen LogP contribution in [0.5, 0.6) is 0 Å². The topological polar surface area (TPSA) is 74.7 Å². The zero-order valence-corrected chi connectivity index (χ0v) is 10.1. The van der Waals surface area contributed by atoms with Crippen molar-refractivity contribution < 1.29 is 19.5 Å². The summed E-state index contributed by atoms with van der Waals surface area (Å²) < 4.78 is 0. The van der Waals surface area contributed by atoms with E-state index < -0.39 is 17.7 Å². The highest BCUT2D eigenvalue weighted by Gasteiger charge is 2.35. The van der Waals surface area contributed by atoms with Crippen LogP contribution in [0.25, 0.3) is 0 Å². The molecule has 2 rings (SSSR count). The molecular formula is C12H10ClNO4. The maximum Gasteiger partial charge on any atom is 0.303 e. The van der Waals surface area contributed by atoms with Crippen molar-refractivity contribution >= 4 is 34.9 Å². The molecule has 0 saturated heterocycles. The van der Waals surface area contributed by atoms with E-state index >= 15 is 0 Å². The molecule has 0 saturated carbocycles. The quantitative estimate of drug-likeness (QED) is 0.843. The second-order valence-corrected chi connectivity index (χ2v) is 4.38. The number of aliphatic carboxylic acids is 1. The first-order valence-electron chi connectivity index (χ1n) is 5.38. The van der Waals surface area contributed by atoms with Crippen molar-refractivity contribution in [1.82, 2.24) is 0 Å². The van der Waals surface area contributed by atoms with Crippen LogP contribution in [0.3, 0.4) is 0 Å². The lowest BCUT2D eigenvalue weighted by Gasteiger charge is -2.15. The minimum Gasteiger partial charge on any atom is -0.481 e. The summed E-state index contributed by atoms with van der Waals surface area (Å²) in [4.78, 5) is 35.1. The SMILES string of the molecule is O=C(O)CCCN1C(=O)C(=O)c2ccc(Cl)cc21. The fraction of sp³-hybridized carbons (Fsp3) is 0.250. The summed E-state index contributed by atoms with van der Waals surface area (Å²) in [6.45, 7) is 0.199. The number of carbonyl (C=O) groups is 3. The van der Waals surface area contributed by atoms with E-state index in [0.29, 0.717) is 22.7 Å². The molecule has 0 unspecified atom stereocenters. The summed E-state index contributed by atoms with van der Waals surface area (Å²) in [6.07, 6.45) is 0.244. The van der Waals surface area contributed by atoms with E-state index in [1.54, 1.807) is 12.1 Å². The van der Waals surface area contributed by atoms with E-state index in [0.717, 1.165) is 0 Å². The Labute approximate surface area is 108 Å². The number of halogens is 1. The molecule has 0 bridgehead atoms. The average Bonchev–Trinajstić information content (AvgIpc) is 2.53. The predicted octanol–water partition coefficient (Wildman–Crippen LogP) is 1.73. The van der Waals surface area contributed by atoms with E-state index in [9.17, 15) is 14.4 Å². The van der Waals surface area contributed by atoms with Gasteiger partial charge in [0.1, 0.15) is 0 Å². The summed E-state index contributed by atoms with van der Waals surface area (Å²) in [6, 6.07) is 4.60. The zero-order chi connectivity index (χ0) is 13.3. The van der Waals surface area contributed by atoms with Gasteiger partial charge in [-0.1, -0.05) is 11.6 Å². The van der Waals surface area contributed by atoms with E-state index in [1.807, 2.05) is 0 Å². The molecule has 1 aliphatic heterocycles. The van der Waals surface area contributed by atoms with E-state index in [1.165, 1.54) is 11.0 Å². The Morgan fingerprint density at radius 3 is 2.72 bits per heavy atom. The number of amides is 1. The summed E-state index contributed by atoms with van der Waals surface area (Å²) in [5.74, 6) is -2.13. The first-order valence-corrected chi connectivity index (χ1v) is 5.76. The first-order chi connectivity index (χ1) is 8.50. The molecule has 1 aromatic carbocycles. The van der Waals surface area contributed by atoms with Crippen molar-refractivity contribution in [2.24, 2.45) is 0 Å². The van der Waals surface area contributed by atoms with Crippen molar-refractivity contribution in [2.75, 3.05) is 11.4 Å². The van der Waals surface area contributed by atoms with E-state index in [4.69, 9.17) is 16.7 Å². The molecule has 1 aromatic rings. The standard InChI is InChI=1S/C12H10ClNO4/c13-7-3-4-8-9(6-7)14(12(18)11(8)17)5-1-2-10(15)16/h3-4,6H,1-2,5H2,(H,15,16). The number of benzene rings is 1. The number of hydrogen-bond donors (Lipinski definition) is 1. The number of anilines is 1. The lowest BCUT2D eigenvalue weighted by Crippen LogP contribution is -2.30. The van der Waals surface area contributed by atoms with Crippen LogP contribution in [0.2, 0.25) is 5.02 Å². The van der Waals surface area contributed by atoms with Gasteiger partial charge in [-0.05, 0) is 24.6 Å². The Kier molecular flexibility index (Phi) is 3.34. The molecule has 1 amide bonds. The smallest absolute Gasteiger partial charge is 0.303 e. The molecule has 5 nitrogen and oxygen atoms in total. The van der Waals surface area contributed by atoms with E-state index in [2.05, 4.69) is 0 Å². The summed E-state index contributed by atoms with van der Waals surface area (Å²) in [5, 5.41) is 8.98. The molecule has 0 fully saturated rings. The molecule has 0 radical (unpaired) electrons. The largest absolute Gasteiger partial charge is 0.481 e. The van der Waals surface area contributed by atoms with Gasteiger partial charge in [0.15, 0.2) is 0 Å². The van der Waals surface area contributed by atoms with Crippen LogP contribution in [-0.2, 0) is 9.59 Å². The van der Waals surface area contributed by atoms with Gasteiger partial charge in [0.05, 0.1) is 11.3 Å². The van der Waals surface area contributed by atoms with Crippen molar-refractivity contribution in [3.63, 3.8) is 0 Å². The van der Waals surface area contributed by atoms with Gasteiger partial charge in [0.2, 0.25) is 0 Å². The van der Waals surface area contributed by atoms with Crippen LogP contribution in [0.15, 0.2) is 18.2 Å². The second kappa shape index (κ2) is 4.78. The normalized spacial score (nSPS) is 13.9. The summed E-state index contributed by atoms with van der Waals surface area (Å²) in [7, 11) is 0. The van der Waals surface area contributed by atoms with E-state index in [-0.39, 0.29) is 13.0 Å². The lowest BCUT2D eigenvalue weighted by atomic mass is 10.1. The Morgan fingerprint density at radius 2 is 2.06 bits per heavy atom. The Balaban J connectivity index is 2.22. The molecule has 18 heavy (non-hydrogen) atoms. The molecule has 0 spiro atoms. The third-order valence-corrected chi connectivity index (χ3v) is 2.94. The number of ketones is 1. The third kappa shape index (κ3) is 2.22. The van der Waals surface area contributed by atoms with Crippen molar-refractivity contribution in [3.05, 3.63) is 28.8 Å². The molecule has 1 heterocycles. The number of carbonyl (C=O) groups excluding carboxylic acids is 2. The number of Topliss-reactive ketones (excluding diaryl/α,β-unsaturated/α-hetero) is 1. The molecule has 94 valence electrons. The number of rotatable bonds is 4. The van der Waals surface area contributed by atoms with Gasteiger partial charge in [0, 0.05) is 18.0 Å². The molecule has 0 atom stereocenters. The Morgan fingerprint density at radius 1 is 1.33 bits per heavy atom. The fourth-order valence-corrected chi connectivity index (χ4v) is 2.04. The molecule has 6 heteroatoms. The van der Waals surface area contributed by atoms with Crippen LogP contribution >= 0.6 is 11.6 Å². The van der Waals surface area contributed by atoms with Crippen molar-refractivity contribution in [1.29, 1.82) is 0 Å². The monoisotopic (exact) mass is 267 g/mol. The van der Waals surface area contributed by atoms with Gasteiger partial charge in [-0.25, -0.2) is 0 Å². The summed E-state index contributed by atoms with van der Waals surface area (Å²) >= 11 is 5.83. The highest BCUT2D eigenvalue weighted by Crippen LogP contribution is 2.31. The van der Waals surface area contributed by atoms with Crippen LogP contribution in [0.1, 0.15) is 23.2 Å². The first kappa shape index (κ1) is 12.6. The maximum absolute atomic E-state index is 11.7. The minimum atomic E-state index is -0.931. The number of nitrogens with zero attached hydrogens (tertiary/aromatic N) is 1. The minimum absolute atomic E-state index is 0.0477. The van der Waals surface area contributed by atoms with Gasteiger partial charge in [-0.2, -0.15) is 0 Å². The number of hydrogen-bond acceptors (Lipinski definition) is 3. The summed E-state index contributed by atoms with van der Waals surface area (Å²) in [5.41, 5.74) is 0.780. The third-order valence-electron chi connectivity index (χ3n) is 2.71. The molecule has 0 aliphatic carbocycles. The molecule has 0 aromatic heterocycles. The van der Waals surface area contributed by atoms with Crippen LogP contribution in [0, 0.1) is 0 Å². The molecule has 1 aliphatic rings. The van der Waals surface area contributed by atoms with Gasteiger partial charge in [0.25, 0.3) is 11.7 Å². The van der Waals surface area contributed by atoms with Crippen molar-refractivity contribution in [2.45, 2.75) is 12.8 Å². The van der Waals surface area contributed by atoms with Crippen LogP contribution in [-0.4, -0.2) is 29.3 Å². The Hall–Kier alpha value is -1.88. The highest BCUT2D eigenvalue weighted by atomic mass is 35.5. The zero-order valence-electron chi connectivity index (χ0n) is 9.35. The average molecular weight is 268 g/mol. The highest BCUT2D eigenvalue weighted by molar-refractivity contribution is 6.52. The number of fused-ring (bicyclic) bond motifs is 1. The Bertz CT molecular complexity index is 541. The van der Waals surface area contributed by atoms with Gasteiger partial charge in [-0.15, -0.1) is 0 Å².